The number of benzene rings is 1. The van der Waals surface area contributed by atoms with Crippen LogP contribution in [0.4, 0.5) is 14.9 Å². The fourth-order valence-electron chi connectivity index (χ4n) is 4.57. The second kappa shape index (κ2) is 11.1. The molecule has 2 aliphatic rings. The predicted molar refractivity (Wildman–Crippen MR) is 135 cm³/mol. The molecule has 1 aliphatic heterocycles. The number of hydrogen-bond donors (Lipinski definition) is 2. The molecule has 192 valence electrons. The number of carbonyl (C=O) groups excluding carboxylic acids is 2. The van der Waals surface area contributed by atoms with Gasteiger partial charge in [-0.1, -0.05) is 19.1 Å². The largest absolute Gasteiger partial charge is 0.472 e. The lowest BCUT2D eigenvalue weighted by Gasteiger charge is -2.37. The quantitative estimate of drug-likeness (QED) is 0.626. The maximum absolute atomic E-state index is 13.5. The Balaban J connectivity index is 1.59. The number of pyridine rings is 1. The van der Waals surface area contributed by atoms with Crippen LogP contribution in [0.3, 0.4) is 0 Å². The number of likely N-dealkylation sites (N-methyl/N-ethyl adjacent to an activating group) is 1. The van der Waals surface area contributed by atoms with E-state index in [1.165, 1.54) is 28.7 Å². The number of fused-ring (bicyclic) bond motifs is 1. The molecule has 1 aliphatic carbocycles. The number of aliphatic hydroxyl groups is 1. The van der Waals surface area contributed by atoms with Gasteiger partial charge in [-0.05, 0) is 61.6 Å². The number of nitrogens with zero attached hydrogens (tertiary/aromatic N) is 3. The van der Waals surface area contributed by atoms with Crippen LogP contribution in [0.25, 0.3) is 5.57 Å². The SMILES string of the molecule is C[C@@H]1CN([C@H](C)CO)C(=O)c2cc(C3=CCCC3)cnc2O[C@@H]1CN(C)C(=O)Nc1cccc(F)c1. The van der Waals surface area contributed by atoms with Gasteiger partial charge in [0.05, 0.1) is 19.2 Å². The molecule has 0 bridgehead atoms. The molecule has 3 atom stereocenters. The minimum Gasteiger partial charge on any atom is -0.472 e. The van der Waals surface area contributed by atoms with Crippen molar-refractivity contribution in [2.75, 3.05) is 32.1 Å². The van der Waals surface area contributed by atoms with Gasteiger partial charge in [0, 0.05) is 31.4 Å². The summed E-state index contributed by atoms with van der Waals surface area (Å²) >= 11 is 0. The lowest BCUT2D eigenvalue weighted by molar-refractivity contribution is 0.0356. The molecule has 0 spiro atoms. The van der Waals surface area contributed by atoms with Crippen molar-refractivity contribution < 1.29 is 23.8 Å². The fraction of sp³-hybridized carbons (Fsp3) is 0.444. The van der Waals surface area contributed by atoms with Gasteiger partial charge in [0.1, 0.15) is 17.5 Å². The number of aliphatic hydroxyl groups excluding tert-OH is 1. The second-order valence-corrected chi connectivity index (χ2v) is 9.64. The molecule has 0 saturated heterocycles. The summed E-state index contributed by atoms with van der Waals surface area (Å²) in [4.78, 5) is 34.0. The third-order valence-electron chi connectivity index (χ3n) is 6.81. The number of urea groups is 1. The fourth-order valence-corrected chi connectivity index (χ4v) is 4.57. The van der Waals surface area contributed by atoms with E-state index < -0.39 is 24.0 Å². The summed E-state index contributed by atoms with van der Waals surface area (Å²) in [6.07, 6.45) is 6.45. The summed E-state index contributed by atoms with van der Waals surface area (Å²) in [5, 5.41) is 12.5. The zero-order valence-electron chi connectivity index (χ0n) is 20.9. The smallest absolute Gasteiger partial charge is 0.321 e. The Morgan fingerprint density at radius 2 is 2.19 bits per heavy atom. The highest BCUT2D eigenvalue weighted by Gasteiger charge is 2.35. The third-order valence-corrected chi connectivity index (χ3v) is 6.81. The van der Waals surface area contributed by atoms with Gasteiger partial charge in [-0.15, -0.1) is 0 Å². The van der Waals surface area contributed by atoms with Gasteiger partial charge < -0.3 is 25.0 Å². The van der Waals surface area contributed by atoms with Crippen molar-refractivity contribution in [1.82, 2.24) is 14.8 Å². The molecule has 36 heavy (non-hydrogen) atoms. The predicted octanol–water partition coefficient (Wildman–Crippen LogP) is 4.17. The number of halogens is 1. The average Bonchev–Trinajstić information content (AvgIpc) is 3.40. The van der Waals surface area contributed by atoms with Crippen molar-refractivity contribution in [1.29, 1.82) is 0 Å². The molecule has 0 fully saturated rings. The van der Waals surface area contributed by atoms with Crippen LogP contribution in [0.15, 0.2) is 42.6 Å². The van der Waals surface area contributed by atoms with Crippen molar-refractivity contribution in [3.8, 4) is 5.88 Å². The topological polar surface area (TPSA) is 95.0 Å². The highest BCUT2D eigenvalue weighted by Crippen LogP contribution is 2.32. The summed E-state index contributed by atoms with van der Waals surface area (Å²) in [7, 11) is 1.63. The van der Waals surface area contributed by atoms with Gasteiger partial charge in [-0.25, -0.2) is 14.2 Å². The lowest BCUT2D eigenvalue weighted by Crippen LogP contribution is -2.50. The van der Waals surface area contributed by atoms with Crippen molar-refractivity contribution in [2.45, 2.75) is 45.3 Å². The molecule has 4 rings (SSSR count). The first-order valence-electron chi connectivity index (χ1n) is 12.3. The summed E-state index contributed by atoms with van der Waals surface area (Å²) in [5.41, 5.74) is 2.77. The standard InChI is InChI=1S/C27H33FN4O4/c1-17-14-32(18(2)16-33)26(34)23-11-20(19-7-4-5-8-19)13-29-25(23)36-24(17)15-31(3)27(35)30-22-10-6-9-21(28)12-22/h6-7,9-13,17-18,24,33H,4-5,8,14-16H2,1-3H3,(H,30,35)/t17-,18-,24-/m1/s1. The number of aromatic nitrogens is 1. The molecule has 3 amide bonds. The molecule has 2 N–H and O–H groups in total. The van der Waals surface area contributed by atoms with Crippen LogP contribution in [-0.4, -0.2) is 70.7 Å². The Bertz CT molecular complexity index is 1150. The van der Waals surface area contributed by atoms with Crippen molar-refractivity contribution in [2.24, 2.45) is 5.92 Å². The lowest BCUT2D eigenvalue weighted by atomic mass is 9.99. The number of ether oxygens (including phenoxy) is 1. The highest BCUT2D eigenvalue weighted by atomic mass is 19.1. The van der Waals surface area contributed by atoms with Crippen LogP contribution >= 0.6 is 0 Å². The zero-order valence-corrected chi connectivity index (χ0v) is 20.9. The Hall–Kier alpha value is -3.46. The molecule has 0 radical (unpaired) electrons. The second-order valence-electron chi connectivity index (χ2n) is 9.64. The van der Waals surface area contributed by atoms with E-state index in [0.717, 1.165) is 24.8 Å². The van der Waals surface area contributed by atoms with Crippen molar-refractivity contribution in [3.63, 3.8) is 0 Å². The first kappa shape index (κ1) is 25.6. The van der Waals surface area contributed by atoms with Crippen molar-refractivity contribution in [3.05, 3.63) is 59.5 Å². The van der Waals surface area contributed by atoms with Gasteiger partial charge >= 0.3 is 6.03 Å². The van der Waals surface area contributed by atoms with Crippen LogP contribution in [0, 0.1) is 11.7 Å². The molecule has 2 heterocycles. The Morgan fingerprint density at radius 1 is 1.39 bits per heavy atom. The maximum atomic E-state index is 13.5. The first-order valence-corrected chi connectivity index (χ1v) is 12.3. The summed E-state index contributed by atoms with van der Waals surface area (Å²) in [6.45, 7) is 4.13. The van der Waals surface area contributed by atoms with E-state index in [2.05, 4.69) is 16.4 Å². The Morgan fingerprint density at radius 3 is 2.89 bits per heavy atom. The number of anilines is 1. The molecule has 8 nitrogen and oxygen atoms in total. The average molecular weight is 497 g/mol. The molecule has 2 aromatic rings. The summed E-state index contributed by atoms with van der Waals surface area (Å²) in [5.74, 6) is -0.625. The van der Waals surface area contributed by atoms with E-state index in [-0.39, 0.29) is 30.9 Å². The number of allylic oxidation sites excluding steroid dienone is 2. The van der Waals surface area contributed by atoms with E-state index in [0.29, 0.717) is 17.8 Å². The number of rotatable bonds is 6. The van der Waals surface area contributed by atoms with E-state index >= 15 is 0 Å². The van der Waals surface area contributed by atoms with E-state index in [1.807, 2.05) is 13.0 Å². The van der Waals surface area contributed by atoms with Crippen LogP contribution < -0.4 is 10.1 Å². The first-order chi connectivity index (χ1) is 17.3. The van der Waals surface area contributed by atoms with Crippen LogP contribution in [-0.2, 0) is 0 Å². The number of carbonyl (C=O) groups is 2. The van der Waals surface area contributed by atoms with E-state index in [1.54, 1.807) is 31.1 Å². The van der Waals surface area contributed by atoms with Crippen LogP contribution in [0.2, 0.25) is 0 Å². The van der Waals surface area contributed by atoms with E-state index in [9.17, 15) is 19.1 Å². The van der Waals surface area contributed by atoms with Crippen LogP contribution in [0.5, 0.6) is 5.88 Å². The minimum atomic E-state index is -0.474. The normalized spacial score (nSPS) is 20.5. The molecule has 0 unspecified atom stereocenters. The minimum absolute atomic E-state index is 0.167. The number of nitrogens with one attached hydrogen (secondary N) is 1. The van der Waals surface area contributed by atoms with Gasteiger partial charge in [-0.3, -0.25) is 4.79 Å². The number of amides is 3. The molecule has 0 saturated carbocycles. The molecule has 1 aromatic heterocycles. The molecular weight excluding hydrogens is 463 g/mol. The summed E-state index contributed by atoms with van der Waals surface area (Å²) in [6, 6.07) is 6.72. The zero-order chi connectivity index (χ0) is 25.8. The highest BCUT2D eigenvalue weighted by molar-refractivity contribution is 5.97. The van der Waals surface area contributed by atoms with E-state index in [4.69, 9.17) is 4.74 Å². The number of hydrogen-bond acceptors (Lipinski definition) is 5. The van der Waals surface area contributed by atoms with Gasteiger partial charge in [0.15, 0.2) is 0 Å². The van der Waals surface area contributed by atoms with Gasteiger partial charge in [0.25, 0.3) is 5.91 Å². The van der Waals surface area contributed by atoms with Gasteiger partial charge in [-0.2, -0.15) is 0 Å². The molecule has 1 aromatic carbocycles. The summed E-state index contributed by atoms with van der Waals surface area (Å²) < 4.78 is 19.8. The Labute approximate surface area is 210 Å². The molecular formula is C27H33FN4O4. The van der Waals surface area contributed by atoms with Gasteiger partial charge in [0.2, 0.25) is 5.88 Å². The molecule has 9 heteroatoms. The Kier molecular flexibility index (Phi) is 7.88. The monoisotopic (exact) mass is 496 g/mol. The van der Waals surface area contributed by atoms with Crippen LogP contribution in [0.1, 0.15) is 49.0 Å². The third kappa shape index (κ3) is 5.67. The maximum Gasteiger partial charge on any atom is 0.321 e. The van der Waals surface area contributed by atoms with Crippen molar-refractivity contribution >= 4 is 23.2 Å².